The van der Waals surface area contributed by atoms with Crippen molar-refractivity contribution in [1.82, 2.24) is 15.1 Å². The topological polar surface area (TPSA) is 78.4 Å². The molecule has 9 heteroatoms. The number of amides is 2. The number of nitrogens with one attached hydrogen (secondary N) is 1. The zero-order valence-corrected chi connectivity index (χ0v) is 18.5. The van der Waals surface area contributed by atoms with E-state index in [0.717, 1.165) is 23.8 Å². The normalized spacial score (nSPS) is 14.8. The SMILES string of the molecule is CC(C)(C)c1nnc(NC(=O)CCC(=O)N2CCN(c3ccc(Cl)cc3)CC2)s1. The third kappa shape index (κ3) is 5.90. The van der Waals surface area contributed by atoms with E-state index >= 15 is 0 Å². The molecule has 0 radical (unpaired) electrons. The average molecular weight is 436 g/mol. The van der Waals surface area contributed by atoms with Crippen molar-refractivity contribution in [3.05, 3.63) is 34.3 Å². The van der Waals surface area contributed by atoms with Crippen LogP contribution in [0.15, 0.2) is 24.3 Å². The van der Waals surface area contributed by atoms with E-state index in [0.29, 0.717) is 23.2 Å². The summed E-state index contributed by atoms with van der Waals surface area (Å²) in [6, 6.07) is 7.72. The lowest BCUT2D eigenvalue weighted by atomic mass is 9.98. The van der Waals surface area contributed by atoms with Crippen molar-refractivity contribution in [1.29, 1.82) is 0 Å². The molecule has 3 rings (SSSR count). The first kappa shape index (κ1) is 21.5. The first-order valence-electron chi connectivity index (χ1n) is 9.64. The molecule has 0 unspecified atom stereocenters. The standard InChI is InChI=1S/C20H26ClN5O2S/c1-20(2,3)18-23-24-19(29-18)22-16(27)8-9-17(28)26-12-10-25(11-13-26)15-6-4-14(21)5-7-15/h4-7H,8-13H2,1-3H3,(H,22,24,27). The molecule has 1 aliphatic heterocycles. The van der Waals surface area contributed by atoms with Crippen LogP contribution in [0.4, 0.5) is 10.8 Å². The Labute approximate surface area is 180 Å². The van der Waals surface area contributed by atoms with Crippen LogP contribution in [0.2, 0.25) is 5.02 Å². The summed E-state index contributed by atoms with van der Waals surface area (Å²) in [4.78, 5) is 28.7. The fraction of sp³-hybridized carbons (Fsp3) is 0.500. The third-order valence-corrected chi connectivity index (χ3v) is 6.22. The molecule has 7 nitrogen and oxygen atoms in total. The Kier molecular flexibility index (Phi) is 6.74. The van der Waals surface area contributed by atoms with E-state index in [1.54, 1.807) is 0 Å². The summed E-state index contributed by atoms with van der Waals surface area (Å²) < 4.78 is 0. The van der Waals surface area contributed by atoms with Gasteiger partial charge in [-0.05, 0) is 24.3 Å². The van der Waals surface area contributed by atoms with Gasteiger partial charge < -0.3 is 15.1 Å². The molecule has 1 N–H and O–H groups in total. The fourth-order valence-corrected chi connectivity index (χ4v) is 3.95. The number of aromatic nitrogens is 2. The largest absolute Gasteiger partial charge is 0.368 e. The number of nitrogens with zero attached hydrogens (tertiary/aromatic N) is 4. The van der Waals surface area contributed by atoms with Crippen LogP contribution in [-0.4, -0.2) is 53.1 Å². The zero-order chi connectivity index (χ0) is 21.0. The lowest BCUT2D eigenvalue weighted by Crippen LogP contribution is -2.48. The summed E-state index contributed by atoms with van der Waals surface area (Å²) in [5, 5.41) is 12.9. The van der Waals surface area contributed by atoms with E-state index in [1.165, 1.54) is 11.3 Å². The Hall–Kier alpha value is -2.19. The van der Waals surface area contributed by atoms with E-state index in [4.69, 9.17) is 11.6 Å². The molecule has 1 aromatic heterocycles. The molecule has 0 atom stereocenters. The summed E-state index contributed by atoms with van der Waals surface area (Å²) in [5.41, 5.74) is 0.998. The number of carbonyl (C=O) groups is 2. The molecular formula is C20H26ClN5O2S. The lowest BCUT2D eigenvalue weighted by molar-refractivity contribution is -0.133. The lowest BCUT2D eigenvalue weighted by Gasteiger charge is -2.36. The molecule has 1 saturated heterocycles. The second-order valence-corrected chi connectivity index (χ2v) is 9.47. The van der Waals surface area contributed by atoms with Gasteiger partial charge in [0, 0.05) is 55.1 Å². The highest BCUT2D eigenvalue weighted by Gasteiger charge is 2.23. The van der Waals surface area contributed by atoms with E-state index in [-0.39, 0.29) is 30.1 Å². The molecule has 0 bridgehead atoms. The van der Waals surface area contributed by atoms with Crippen LogP contribution in [0, 0.1) is 0 Å². The number of carbonyl (C=O) groups excluding carboxylic acids is 2. The molecule has 2 heterocycles. The summed E-state index contributed by atoms with van der Waals surface area (Å²) >= 11 is 7.30. The van der Waals surface area contributed by atoms with Gasteiger partial charge in [0.25, 0.3) is 0 Å². The van der Waals surface area contributed by atoms with Crippen LogP contribution in [0.3, 0.4) is 0 Å². The average Bonchev–Trinajstić information content (AvgIpc) is 3.16. The Balaban J connectivity index is 1.42. The Morgan fingerprint density at radius 1 is 1.07 bits per heavy atom. The first-order chi connectivity index (χ1) is 13.7. The summed E-state index contributed by atoms with van der Waals surface area (Å²) in [6.45, 7) is 8.96. The van der Waals surface area contributed by atoms with Crippen molar-refractivity contribution < 1.29 is 9.59 Å². The Bertz CT molecular complexity index is 855. The van der Waals surface area contributed by atoms with Gasteiger partial charge in [0.05, 0.1) is 0 Å². The molecule has 2 amide bonds. The maximum Gasteiger partial charge on any atom is 0.226 e. The molecule has 1 aromatic carbocycles. The van der Waals surface area contributed by atoms with Gasteiger partial charge in [0.1, 0.15) is 5.01 Å². The highest BCUT2D eigenvalue weighted by atomic mass is 35.5. The van der Waals surface area contributed by atoms with Crippen LogP contribution in [0.25, 0.3) is 0 Å². The van der Waals surface area contributed by atoms with E-state index in [1.807, 2.05) is 49.9 Å². The van der Waals surface area contributed by atoms with Crippen LogP contribution in [0.5, 0.6) is 0 Å². The molecule has 1 aliphatic rings. The van der Waals surface area contributed by atoms with Crippen molar-refractivity contribution in [3.63, 3.8) is 0 Å². The highest BCUT2D eigenvalue weighted by Crippen LogP contribution is 2.27. The second kappa shape index (κ2) is 9.09. The molecule has 2 aromatic rings. The van der Waals surface area contributed by atoms with Crippen LogP contribution < -0.4 is 10.2 Å². The van der Waals surface area contributed by atoms with Crippen molar-refractivity contribution in [2.45, 2.75) is 39.0 Å². The van der Waals surface area contributed by atoms with Gasteiger partial charge in [-0.1, -0.05) is 43.7 Å². The van der Waals surface area contributed by atoms with Crippen LogP contribution >= 0.6 is 22.9 Å². The number of rotatable bonds is 5. The molecule has 0 saturated carbocycles. The highest BCUT2D eigenvalue weighted by molar-refractivity contribution is 7.15. The first-order valence-corrected chi connectivity index (χ1v) is 10.8. The number of halogens is 1. The molecule has 0 aliphatic carbocycles. The third-order valence-electron chi connectivity index (χ3n) is 4.70. The number of benzene rings is 1. The monoisotopic (exact) mass is 435 g/mol. The quantitative estimate of drug-likeness (QED) is 0.776. The minimum atomic E-state index is -0.213. The molecular weight excluding hydrogens is 410 g/mol. The summed E-state index contributed by atoms with van der Waals surface area (Å²) in [6.07, 6.45) is 0.332. The predicted molar refractivity (Wildman–Crippen MR) is 117 cm³/mol. The minimum Gasteiger partial charge on any atom is -0.368 e. The smallest absolute Gasteiger partial charge is 0.226 e. The molecule has 1 fully saturated rings. The maximum atomic E-state index is 12.5. The Morgan fingerprint density at radius 2 is 1.72 bits per heavy atom. The summed E-state index contributed by atoms with van der Waals surface area (Å²) in [5.74, 6) is -0.210. The van der Waals surface area contributed by atoms with E-state index < -0.39 is 0 Å². The van der Waals surface area contributed by atoms with E-state index in [2.05, 4.69) is 20.4 Å². The number of hydrogen-bond donors (Lipinski definition) is 1. The summed E-state index contributed by atoms with van der Waals surface area (Å²) in [7, 11) is 0. The Morgan fingerprint density at radius 3 is 2.31 bits per heavy atom. The second-order valence-electron chi connectivity index (χ2n) is 8.05. The van der Waals surface area contributed by atoms with Gasteiger partial charge in [-0.25, -0.2) is 0 Å². The maximum absolute atomic E-state index is 12.5. The van der Waals surface area contributed by atoms with Gasteiger partial charge in [0.15, 0.2) is 0 Å². The van der Waals surface area contributed by atoms with Crippen molar-refractivity contribution in [2.75, 3.05) is 36.4 Å². The van der Waals surface area contributed by atoms with Crippen LogP contribution in [-0.2, 0) is 15.0 Å². The van der Waals surface area contributed by atoms with Crippen LogP contribution in [0.1, 0.15) is 38.6 Å². The van der Waals surface area contributed by atoms with Gasteiger partial charge in [0.2, 0.25) is 16.9 Å². The van der Waals surface area contributed by atoms with Gasteiger partial charge >= 0.3 is 0 Å². The molecule has 29 heavy (non-hydrogen) atoms. The number of piperazine rings is 1. The van der Waals surface area contributed by atoms with Gasteiger partial charge in [-0.15, -0.1) is 10.2 Å². The van der Waals surface area contributed by atoms with Gasteiger partial charge in [-0.3, -0.25) is 9.59 Å². The molecule has 156 valence electrons. The minimum absolute atomic E-state index is 0.00329. The number of hydrogen-bond acceptors (Lipinski definition) is 6. The van der Waals surface area contributed by atoms with Crippen molar-refractivity contribution in [2.24, 2.45) is 0 Å². The van der Waals surface area contributed by atoms with Gasteiger partial charge in [-0.2, -0.15) is 0 Å². The predicted octanol–water partition coefficient (Wildman–Crippen LogP) is 3.56. The fourth-order valence-electron chi connectivity index (χ4n) is 3.00. The van der Waals surface area contributed by atoms with Crippen molar-refractivity contribution in [3.8, 4) is 0 Å². The number of anilines is 2. The molecule has 0 spiro atoms. The van der Waals surface area contributed by atoms with Crippen molar-refractivity contribution >= 4 is 45.6 Å². The zero-order valence-electron chi connectivity index (χ0n) is 16.9. The van der Waals surface area contributed by atoms with E-state index in [9.17, 15) is 9.59 Å².